The fourth-order valence-electron chi connectivity index (χ4n) is 2.24. The summed E-state index contributed by atoms with van der Waals surface area (Å²) in [5.41, 5.74) is 1.52. The van der Waals surface area contributed by atoms with Gasteiger partial charge in [-0.15, -0.1) is 0 Å². The standard InChI is InChI=1S/C16H15N3O2/c1-19(16-4-2-3-13(10-17)18-16)11-12-5-6-14-15(9-12)21-8-7-20-14/h2-6,9H,7-8,11H2,1H3. The Morgan fingerprint density at radius 1 is 1.19 bits per heavy atom. The van der Waals surface area contributed by atoms with Crippen LogP contribution in [0.3, 0.4) is 0 Å². The lowest BCUT2D eigenvalue weighted by molar-refractivity contribution is 0.171. The first-order valence-corrected chi connectivity index (χ1v) is 6.73. The number of rotatable bonds is 3. The van der Waals surface area contributed by atoms with E-state index in [-0.39, 0.29) is 0 Å². The molecule has 0 spiro atoms. The van der Waals surface area contributed by atoms with Crippen molar-refractivity contribution in [2.75, 3.05) is 25.2 Å². The van der Waals surface area contributed by atoms with Crippen LogP contribution >= 0.6 is 0 Å². The SMILES string of the molecule is CN(Cc1ccc2c(c1)OCCO2)c1cccc(C#N)n1. The number of hydrogen-bond acceptors (Lipinski definition) is 5. The number of fused-ring (bicyclic) bond motifs is 1. The molecular formula is C16H15N3O2. The van der Waals surface area contributed by atoms with Gasteiger partial charge in [0.2, 0.25) is 0 Å². The van der Waals surface area contributed by atoms with Crippen LogP contribution in [0.15, 0.2) is 36.4 Å². The third-order valence-electron chi connectivity index (χ3n) is 3.27. The topological polar surface area (TPSA) is 58.4 Å². The summed E-state index contributed by atoms with van der Waals surface area (Å²) in [5.74, 6) is 2.34. The lowest BCUT2D eigenvalue weighted by atomic mass is 10.2. The molecule has 2 heterocycles. The molecule has 5 heteroatoms. The second kappa shape index (κ2) is 5.71. The molecule has 0 saturated heterocycles. The molecule has 1 aromatic carbocycles. The Morgan fingerprint density at radius 2 is 2.00 bits per heavy atom. The highest BCUT2D eigenvalue weighted by molar-refractivity contribution is 5.46. The minimum atomic E-state index is 0.418. The van der Waals surface area contributed by atoms with E-state index in [4.69, 9.17) is 14.7 Å². The number of pyridine rings is 1. The molecule has 0 aliphatic carbocycles. The fraction of sp³-hybridized carbons (Fsp3) is 0.250. The van der Waals surface area contributed by atoms with Gasteiger partial charge >= 0.3 is 0 Å². The smallest absolute Gasteiger partial charge is 0.161 e. The third-order valence-corrected chi connectivity index (χ3v) is 3.27. The number of nitriles is 1. The summed E-state index contributed by atoms with van der Waals surface area (Å²) in [6.45, 7) is 1.85. The molecule has 0 saturated carbocycles. The van der Waals surface area contributed by atoms with Crippen LogP contribution in [-0.4, -0.2) is 25.2 Å². The molecule has 0 atom stereocenters. The van der Waals surface area contributed by atoms with Gasteiger partial charge < -0.3 is 14.4 Å². The van der Waals surface area contributed by atoms with Gasteiger partial charge in [0, 0.05) is 13.6 Å². The van der Waals surface area contributed by atoms with E-state index < -0.39 is 0 Å². The van der Waals surface area contributed by atoms with Crippen LogP contribution in [-0.2, 0) is 6.54 Å². The van der Waals surface area contributed by atoms with E-state index in [0.29, 0.717) is 25.5 Å². The number of benzene rings is 1. The fourth-order valence-corrected chi connectivity index (χ4v) is 2.24. The lowest BCUT2D eigenvalue weighted by Gasteiger charge is -2.21. The van der Waals surface area contributed by atoms with Gasteiger partial charge in [-0.3, -0.25) is 0 Å². The zero-order valence-corrected chi connectivity index (χ0v) is 11.7. The molecule has 1 aliphatic heterocycles. The highest BCUT2D eigenvalue weighted by Gasteiger charge is 2.13. The van der Waals surface area contributed by atoms with Gasteiger partial charge in [0.25, 0.3) is 0 Å². The minimum absolute atomic E-state index is 0.418. The summed E-state index contributed by atoms with van der Waals surface area (Å²) in [6.07, 6.45) is 0. The summed E-state index contributed by atoms with van der Waals surface area (Å²) in [7, 11) is 1.94. The predicted molar refractivity (Wildman–Crippen MR) is 78.5 cm³/mol. The largest absolute Gasteiger partial charge is 0.486 e. The van der Waals surface area contributed by atoms with Gasteiger partial charge in [0.1, 0.15) is 30.8 Å². The monoisotopic (exact) mass is 281 g/mol. The molecule has 1 aliphatic rings. The Morgan fingerprint density at radius 3 is 2.81 bits per heavy atom. The second-order valence-corrected chi connectivity index (χ2v) is 4.83. The van der Waals surface area contributed by atoms with Crippen molar-refractivity contribution in [3.63, 3.8) is 0 Å². The van der Waals surface area contributed by atoms with Gasteiger partial charge in [-0.2, -0.15) is 5.26 Å². The van der Waals surface area contributed by atoms with E-state index in [1.807, 2.05) is 42.3 Å². The second-order valence-electron chi connectivity index (χ2n) is 4.83. The summed E-state index contributed by atoms with van der Waals surface area (Å²) in [4.78, 5) is 6.28. The van der Waals surface area contributed by atoms with Crippen molar-refractivity contribution in [2.24, 2.45) is 0 Å². The average molecular weight is 281 g/mol. The van der Waals surface area contributed by atoms with E-state index in [1.165, 1.54) is 0 Å². The highest BCUT2D eigenvalue weighted by atomic mass is 16.6. The van der Waals surface area contributed by atoms with Crippen LogP contribution in [0, 0.1) is 11.3 Å². The number of aromatic nitrogens is 1. The zero-order chi connectivity index (χ0) is 14.7. The zero-order valence-electron chi connectivity index (χ0n) is 11.7. The Labute approximate surface area is 123 Å². The molecule has 0 N–H and O–H groups in total. The van der Waals surface area contributed by atoms with Gasteiger partial charge in [0.05, 0.1) is 0 Å². The molecule has 2 aromatic rings. The van der Waals surface area contributed by atoms with E-state index in [2.05, 4.69) is 11.1 Å². The summed E-state index contributed by atoms with van der Waals surface area (Å²) in [6, 6.07) is 13.4. The molecule has 0 fully saturated rings. The number of anilines is 1. The minimum Gasteiger partial charge on any atom is -0.486 e. The number of hydrogen-bond donors (Lipinski definition) is 0. The summed E-state index contributed by atoms with van der Waals surface area (Å²) in [5, 5.41) is 8.90. The van der Waals surface area contributed by atoms with E-state index in [9.17, 15) is 0 Å². The highest BCUT2D eigenvalue weighted by Crippen LogP contribution is 2.31. The van der Waals surface area contributed by atoms with Crippen LogP contribution in [0.25, 0.3) is 0 Å². The Hall–Kier alpha value is -2.74. The van der Waals surface area contributed by atoms with Crippen LogP contribution in [0.2, 0.25) is 0 Å². The molecule has 3 rings (SSSR count). The van der Waals surface area contributed by atoms with Crippen molar-refractivity contribution >= 4 is 5.82 Å². The molecule has 21 heavy (non-hydrogen) atoms. The van der Waals surface area contributed by atoms with E-state index in [0.717, 1.165) is 22.9 Å². The molecule has 0 radical (unpaired) electrons. The maximum absolute atomic E-state index is 8.90. The van der Waals surface area contributed by atoms with Crippen molar-refractivity contribution in [1.82, 2.24) is 4.98 Å². The van der Waals surface area contributed by atoms with Crippen molar-refractivity contribution < 1.29 is 9.47 Å². The van der Waals surface area contributed by atoms with Crippen LogP contribution in [0.5, 0.6) is 11.5 Å². The number of ether oxygens (including phenoxy) is 2. The molecule has 5 nitrogen and oxygen atoms in total. The van der Waals surface area contributed by atoms with Crippen molar-refractivity contribution in [3.8, 4) is 17.6 Å². The van der Waals surface area contributed by atoms with Gasteiger partial charge in [-0.1, -0.05) is 12.1 Å². The first kappa shape index (κ1) is 13.3. The Bertz CT molecular complexity index is 694. The Balaban J connectivity index is 1.78. The summed E-state index contributed by atoms with van der Waals surface area (Å²) < 4.78 is 11.1. The lowest BCUT2D eigenvalue weighted by Crippen LogP contribution is -2.19. The van der Waals surface area contributed by atoms with E-state index >= 15 is 0 Å². The van der Waals surface area contributed by atoms with Gasteiger partial charge in [0.15, 0.2) is 11.5 Å². The molecule has 0 amide bonds. The third kappa shape index (κ3) is 2.90. The molecule has 0 unspecified atom stereocenters. The molecule has 0 bridgehead atoms. The van der Waals surface area contributed by atoms with Crippen molar-refractivity contribution in [2.45, 2.75) is 6.54 Å². The first-order chi connectivity index (χ1) is 10.3. The molecule has 1 aromatic heterocycles. The summed E-state index contributed by atoms with van der Waals surface area (Å²) >= 11 is 0. The van der Waals surface area contributed by atoms with Gasteiger partial charge in [-0.05, 0) is 29.8 Å². The Kier molecular flexibility index (Phi) is 3.61. The van der Waals surface area contributed by atoms with Gasteiger partial charge in [-0.25, -0.2) is 4.98 Å². The van der Waals surface area contributed by atoms with Crippen LogP contribution in [0.4, 0.5) is 5.82 Å². The van der Waals surface area contributed by atoms with Crippen LogP contribution in [0.1, 0.15) is 11.3 Å². The quantitative estimate of drug-likeness (QED) is 0.864. The number of nitrogens with zero attached hydrogens (tertiary/aromatic N) is 3. The van der Waals surface area contributed by atoms with E-state index in [1.54, 1.807) is 6.07 Å². The first-order valence-electron chi connectivity index (χ1n) is 6.73. The molecular weight excluding hydrogens is 266 g/mol. The molecule has 106 valence electrons. The van der Waals surface area contributed by atoms with Crippen molar-refractivity contribution in [3.05, 3.63) is 47.7 Å². The maximum atomic E-state index is 8.90. The average Bonchev–Trinajstić information content (AvgIpc) is 2.54. The normalized spacial score (nSPS) is 12.6. The predicted octanol–water partition coefficient (Wildman–Crippen LogP) is 2.36. The van der Waals surface area contributed by atoms with Crippen molar-refractivity contribution in [1.29, 1.82) is 5.26 Å². The maximum Gasteiger partial charge on any atom is 0.161 e. The van der Waals surface area contributed by atoms with Crippen LogP contribution < -0.4 is 14.4 Å².